The van der Waals surface area contributed by atoms with E-state index >= 15 is 0 Å². The molecule has 1 unspecified atom stereocenters. The summed E-state index contributed by atoms with van der Waals surface area (Å²) in [7, 11) is 0. The summed E-state index contributed by atoms with van der Waals surface area (Å²) < 4.78 is 0. The molecule has 0 bridgehead atoms. The van der Waals surface area contributed by atoms with Gasteiger partial charge in [-0.05, 0) is 18.1 Å². The molecule has 0 heterocycles. The predicted molar refractivity (Wildman–Crippen MR) is 67.0 cm³/mol. The predicted octanol–water partition coefficient (Wildman–Crippen LogP) is 2.97. The minimum absolute atomic E-state index is 0.0331. The summed E-state index contributed by atoms with van der Waals surface area (Å²) in [6, 6.07) is 16.5. The number of hydrogen-bond acceptors (Lipinski definition) is 2. The summed E-state index contributed by atoms with van der Waals surface area (Å²) in [5, 5.41) is 10.1. The molecule has 17 heavy (non-hydrogen) atoms. The van der Waals surface area contributed by atoms with E-state index in [-0.39, 0.29) is 5.78 Å². The van der Waals surface area contributed by atoms with Gasteiger partial charge in [-0.1, -0.05) is 54.6 Å². The van der Waals surface area contributed by atoms with E-state index in [1.807, 2.05) is 30.3 Å². The van der Waals surface area contributed by atoms with Crippen LogP contribution in [0.1, 0.15) is 34.5 Å². The Hall–Kier alpha value is -1.93. The Morgan fingerprint density at radius 2 is 1.47 bits per heavy atom. The van der Waals surface area contributed by atoms with E-state index in [4.69, 9.17) is 0 Å². The second-order valence-electron chi connectivity index (χ2n) is 3.99. The lowest BCUT2D eigenvalue weighted by Gasteiger charge is -2.11. The van der Waals surface area contributed by atoms with E-state index in [0.717, 1.165) is 11.1 Å². The van der Waals surface area contributed by atoms with Crippen molar-refractivity contribution in [2.24, 2.45) is 0 Å². The van der Waals surface area contributed by atoms with Crippen molar-refractivity contribution in [2.45, 2.75) is 13.0 Å². The van der Waals surface area contributed by atoms with E-state index in [2.05, 4.69) is 0 Å². The average Bonchev–Trinajstić information content (AvgIpc) is 2.39. The monoisotopic (exact) mass is 226 g/mol. The van der Waals surface area contributed by atoms with Crippen LogP contribution in [0.15, 0.2) is 54.6 Å². The summed E-state index contributed by atoms with van der Waals surface area (Å²) in [6.45, 7) is 1.53. The van der Waals surface area contributed by atoms with Gasteiger partial charge >= 0.3 is 0 Å². The zero-order valence-electron chi connectivity index (χ0n) is 9.63. The smallest absolute Gasteiger partial charge is 0.159 e. The molecular weight excluding hydrogens is 212 g/mol. The molecule has 0 aromatic heterocycles. The highest BCUT2D eigenvalue weighted by atomic mass is 16.3. The van der Waals surface area contributed by atoms with Crippen LogP contribution in [-0.4, -0.2) is 10.9 Å². The first-order valence-corrected chi connectivity index (χ1v) is 5.52. The molecule has 0 saturated heterocycles. The number of carbonyl (C=O) groups is 1. The summed E-state index contributed by atoms with van der Waals surface area (Å²) in [5.74, 6) is 0.0331. The number of hydrogen-bond donors (Lipinski definition) is 1. The minimum Gasteiger partial charge on any atom is -0.384 e. The van der Waals surface area contributed by atoms with Crippen LogP contribution in [0.5, 0.6) is 0 Å². The quantitative estimate of drug-likeness (QED) is 0.817. The topological polar surface area (TPSA) is 37.3 Å². The summed E-state index contributed by atoms with van der Waals surface area (Å²) in [4.78, 5) is 11.1. The van der Waals surface area contributed by atoms with Crippen molar-refractivity contribution in [1.82, 2.24) is 0 Å². The van der Waals surface area contributed by atoms with Crippen LogP contribution < -0.4 is 0 Å². The fraction of sp³-hybridized carbons (Fsp3) is 0.133. The molecule has 0 aliphatic carbocycles. The van der Waals surface area contributed by atoms with E-state index in [0.29, 0.717) is 5.56 Å². The molecule has 0 spiro atoms. The molecule has 1 N–H and O–H groups in total. The molecule has 0 amide bonds. The van der Waals surface area contributed by atoms with E-state index < -0.39 is 6.10 Å². The van der Waals surface area contributed by atoms with E-state index in [9.17, 15) is 9.90 Å². The highest BCUT2D eigenvalue weighted by Crippen LogP contribution is 2.21. The second kappa shape index (κ2) is 4.93. The third kappa shape index (κ3) is 2.60. The average molecular weight is 226 g/mol. The van der Waals surface area contributed by atoms with Crippen molar-refractivity contribution in [3.63, 3.8) is 0 Å². The lowest BCUT2D eigenvalue weighted by atomic mass is 10.00. The van der Waals surface area contributed by atoms with E-state index in [1.165, 1.54) is 6.92 Å². The maximum Gasteiger partial charge on any atom is 0.159 e. The summed E-state index contributed by atoms with van der Waals surface area (Å²) >= 11 is 0. The zero-order valence-corrected chi connectivity index (χ0v) is 9.63. The molecule has 0 fully saturated rings. The van der Waals surface area contributed by atoms with Gasteiger partial charge in [0.2, 0.25) is 0 Å². The van der Waals surface area contributed by atoms with Gasteiger partial charge in [-0.15, -0.1) is 0 Å². The fourth-order valence-corrected chi connectivity index (χ4v) is 1.73. The van der Waals surface area contributed by atoms with Crippen molar-refractivity contribution in [3.05, 3.63) is 71.3 Å². The molecule has 2 aromatic rings. The third-order valence-corrected chi connectivity index (χ3v) is 2.75. The number of aliphatic hydroxyl groups is 1. The molecule has 86 valence electrons. The van der Waals surface area contributed by atoms with Gasteiger partial charge in [-0.3, -0.25) is 4.79 Å². The van der Waals surface area contributed by atoms with Crippen molar-refractivity contribution >= 4 is 5.78 Å². The molecule has 2 aromatic carbocycles. The summed E-state index contributed by atoms with van der Waals surface area (Å²) in [5.41, 5.74) is 2.30. The van der Waals surface area contributed by atoms with Gasteiger partial charge in [-0.2, -0.15) is 0 Å². The lowest BCUT2D eigenvalue weighted by molar-refractivity contribution is 0.101. The van der Waals surface area contributed by atoms with Crippen LogP contribution >= 0.6 is 0 Å². The molecule has 0 saturated carbocycles. The van der Waals surface area contributed by atoms with Crippen LogP contribution in [0.25, 0.3) is 0 Å². The van der Waals surface area contributed by atoms with Crippen molar-refractivity contribution in [3.8, 4) is 0 Å². The van der Waals surface area contributed by atoms with Crippen molar-refractivity contribution < 1.29 is 9.90 Å². The number of Topliss-reactive ketones (excluding diaryl/α,β-unsaturated/α-hetero) is 1. The normalized spacial score (nSPS) is 12.1. The standard InChI is InChI=1S/C15H14O2/c1-11(16)12-7-9-14(10-8-12)15(17)13-5-3-2-4-6-13/h2-10,15,17H,1H3. The van der Waals surface area contributed by atoms with Crippen LogP contribution in [-0.2, 0) is 0 Å². The van der Waals surface area contributed by atoms with Crippen molar-refractivity contribution in [1.29, 1.82) is 0 Å². The van der Waals surface area contributed by atoms with Gasteiger partial charge in [0, 0.05) is 5.56 Å². The van der Waals surface area contributed by atoms with Crippen LogP contribution in [0.3, 0.4) is 0 Å². The molecule has 2 heteroatoms. The van der Waals surface area contributed by atoms with Gasteiger partial charge < -0.3 is 5.11 Å². The Morgan fingerprint density at radius 3 is 2.00 bits per heavy atom. The first-order valence-electron chi connectivity index (χ1n) is 5.52. The highest BCUT2D eigenvalue weighted by Gasteiger charge is 2.09. The number of carbonyl (C=O) groups excluding carboxylic acids is 1. The maximum absolute atomic E-state index is 11.1. The Bertz CT molecular complexity index is 500. The maximum atomic E-state index is 11.1. The van der Waals surface area contributed by atoms with Gasteiger partial charge in [0.25, 0.3) is 0 Å². The minimum atomic E-state index is -0.641. The number of aliphatic hydroxyl groups excluding tert-OH is 1. The fourth-order valence-electron chi connectivity index (χ4n) is 1.73. The van der Waals surface area contributed by atoms with Crippen LogP contribution in [0, 0.1) is 0 Å². The molecular formula is C15H14O2. The highest BCUT2D eigenvalue weighted by molar-refractivity contribution is 5.94. The van der Waals surface area contributed by atoms with Gasteiger partial charge in [0.1, 0.15) is 6.10 Å². The first kappa shape index (κ1) is 11.6. The Morgan fingerprint density at radius 1 is 0.941 bits per heavy atom. The van der Waals surface area contributed by atoms with Gasteiger partial charge in [0.15, 0.2) is 5.78 Å². The van der Waals surface area contributed by atoms with E-state index in [1.54, 1.807) is 24.3 Å². The molecule has 0 aliphatic rings. The molecule has 1 atom stereocenters. The first-order chi connectivity index (χ1) is 8.18. The number of rotatable bonds is 3. The number of ketones is 1. The molecule has 0 radical (unpaired) electrons. The van der Waals surface area contributed by atoms with Crippen LogP contribution in [0.2, 0.25) is 0 Å². The molecule has 2 nitrogen and oxygen atoms in total. The second-order valence-corrected chi connectivity index (χ2v) is 3.99. The van der Waals surface area contributed by atoms with Crippen LogP contribution in [0.4, 0.5) is 0 Å². The summed E-state index contributed by atoms with van der Waals surface area (Å²) in [6.07, 6.45) is -0.641. The zero-order chi connectivity index (χ0) is 12.3. The molecule has 0 aliphatic heterocycles. The Kier molecular flexibility index (Phi) is 3.35. The molecule has 2 rings (SSSR count). The lowest BCUT2D eigenvalue weighted by Crippen LogP contribution is -2.00. The number of benzene rings is 2. The van der Waals surface area contributed by atoms with Crippen molar-refractivity contribution in [2.75, 3.05) is 0 Å². The van der Waals surface area contributed by atoms with Gasteiger partial charge in [0.05, 0.1) is 0 Å². The Labute approximate surface area is 101 Å². The third-order valence-electron chi connectivity index (χ3n) is 2.75. The van der Waals surface area contributed by atoms with Gasteiger partial charge in [-0.25, -0.2) is 0 Å². The largest absolute Gasteiger partial charge is 0.384 e. The Balaban J connectivity index is 2.26. The SMILES string of the molecule is CC(=O)c1ccc(C(O)c2ccccc2)cc1.